The highest BCUT2D eigenvalue weighted by Crippen LogP contribution is 2.36. The number of nitrogens with one attached hydrogen (secondary N) is 2. The van der Waals surface area contributed by atoms with Gasteiger partial charge in [-0.3, -0.25) is 0 Å². The van der Waals surface area contributed by atoms with Crippen LogP contribution in [0.5, 0.6) is 0 Å². The van der Waals surface area contributed by atoms with Gasteiger partial charge in [0.25, 0.3) is 0 Å². The van der Waals surface area contributed by atoms with Gasteiger partial charge in [0.15, 0.2) is 5.11 Å². The number of thiocarbonyl (C=S) groups is 1. The second-order valence-electron chi connectivity index (χ2n) is 5.50. The lowest BCUT2D eigenvalue weighted by Gasteiger charge is -2.11. The molecule has 0 fully saturated rings. The molecule has 0 saturated carbocycles. The summed E-state index contributed by atoms with van der Waals surface area (Å²) >= 11 is 9.16. The number of carbonyl (C=O) groups excluding carboxylic acids is 1. The van der Waals surface area contributed by atoms with E-state index in [0.717, 1.165) is 19.7 Å². The van der Waals surface area contributed by atoms with Crippen molar-refractivity contribution in [3.63, 3.8) is 0 Å². The Morgan fingerprint density at radius 3 is 2.52 bits per heavy atom. The zero-order valence-electron chi connectivity index (χ0n) is 14.5. The van der Waals surface area contributed by atoms with E-state index < -0.39 is 0 Å². The molecule has 0 aliphatic carbocycles. The molecule has 1 aromatic heterocycles. The first-order valence-corrected chi connectivity index (χ1v) is 10.6. The number of hydrogen-bond acceptors (Lipinski definition) is 4. The molecule has 0 atom stereocenters. The molecule has 4 nitrogen and oxygen atoms in total. The van der Waals surface area contributed by atoms with Crippen molar-refractivity contribution in [2.24, 2.45) is 0 Å². The monoisotopic (exact) mass is 508 g/mol. The molecule has 138 valence electrons. The molecule has 2 N–H and O–H groups in total. The Hall–Kier alpha value is -1.97. The van der Waals surface area contributed by atoms with Crippen LogP contribution in [0.2, 0.25) is 0 Å². The Labute approximate surface area is 181 Å². The van der Waals surface area contributed by atoms with Crippen LogP contribution in [0.15, 0.2) is 60.7 Å². The lowest BCUT2D eigenvalue weighted by atomic mass is 10.1. The summed E-state index contributed by atoms with van der Waals surface area (Å²) in [6, 6.07) is 19.6. The predicted molar refractivity (Wildman–Crippen MR) is 125 cm³/mol. The maximum Gasteiger partial charge on any atom is 0.341 e. The Morgan fingerprint density at radius 2 is 1.81 bits per heavy atom. The second kappa shape index (κ2) is 9.29. The van der Waals surface area contributed by atoms with Crippen LogP contribution in [0.1, 0.15) is 17.3 Å². The summed E-state index contributed by atoms with van der Waals surface area (Å²) < 4.78 is 6.26. The molecule has 0 aliphatic rings. The molecule has 3 aromatic rings. The van der Waals surface area contributed by atoms with Crippen LogP contribution < -0.4 is 10.6 Å². The highest BCUT2D eigenvalue weighted by Gasteiger charge is 2.19. The number of ether oxygens (including phenoxy) is 1. The minimum Gasteiger partial charge on any atom is -0.462 e. The van der Waals surface area contributed by atoms with Gasteiger partial charge >= 0.3 is 5.97 Å². The van der Waals surface area contributed by atoms with Gasteiger partial charge in [0.05, 0.1) is 17.9 Å². The number of esters is 1. The molecule has 3 rings (SSSR count). The summed E-state index contributed by atoms with van der Waals surface area (Å²) in [5.41, 5.74) is 2.43. The van der Waals surface area contributed by atoms with E-state index in [1.54, 1.807) is 6.92 Å². The lowest BCUT2D eigenvalue weighted by Crippen LogP contribution is -2.20. The van der Waals surface area contributed by atoms with Crippen molar-refractivity contribution in [3.05, 3.63) is 69.8 Å². The Morgan fingerprint density at radius 1 is 1.11 bits per heavy atom. The Bertz CT molecular complexity index is 958. The van der Waals surface area contributed by atoms with Gasteiger partial charge in [-0.15, -0.1) is 11.3 Å². The van der Waals surface area contributed by atoms with Gasteiger partial charge in [-0.25, -0.2) is 4.79 Å². The Kier molecular flexibility index (Phi) is 6.81. The minimum atomic E-state index is -0.365. The standard InChI is InChI=1S/C20H17IN2O2S2/c1-2-25-19(24)14-12-17(13-8-4-3-5-9-13)27-18(14)23-20(26)22-16-11-7-6-10-15(16)21/h3-12H,2H2,1H3,(H2,22,23,26). The first-order valence-electron chi connectivity index (χ1n) is 8.27. The van der Waals surface area contributed by atoms with E-state index in [1.807, 2.05) is 60.7 Å². The van der Waals surface area contributed by atoms with E-state index >= 15 is 0 Å². The summed E-state index contributed by atoms with van der Waals surface area (Å²) in [5, 5.41) is 7.41. The van der Waals surface area contributed by atoms with Crippen LogP contribution in [-0.2, 0) is 4.74 Å². The zero-order valence-corrected chi connectivity index (χ0v) is 18.3. The van der Waals surface area contributed by atoms with Gasteiger partial charge in [0, 0.05) is 8.45 Å². The summed E-state index contributed by atoms with van der Waals surface area (Å²) in [6.45, 7) is 2.11. The fourth-order valence-electron chi connectivity index (χ4n) is 2.41. The van der Waals surface area contributed by atoms with E-state index in [4.69, 9.17) is 17.0 Å². The average Bonchev–Trinajstić information content (AvgIpc) is 3.08. The molecular formula is C20H17IN2O2S2. The molecule has 0 bridgehead atoms. The van der Waals surface area contributed by atoms with Crippen LogP contribution in [0.25, 0.3) is 10.4 Å². The second-order valence-corrected chi connectivity index (χ2v) is 8.12. The van der Waals surface area contributed by atoms with Crippen molar-refractivity contribution >= 4 is 67.9 Å². The first-order chi connectivity index (χ1) is 13.1. The van der Waals surface area contributed by atoms with E-state index in [0.29, 0.717) is 22.3 Å². The van der Waals surface area contributed by atoms with E-state index in [2.05, 4.69) is 33.2 Å². The fourth-order valence-corrected chi connectivity index (χ4v) is 4.26. The third-order valence-electron chi connectivity index (χ3n) is 3.63. The fraction of sp³-hybridized carbons (Fsp3) is 0.100. The van der Waals surface area contributed by atoms with Crippen LogP contribution in [0, 0.1) is 3.57 Å². The number of hydrogen-bond donors (Lipinski definition) is 2. The van der Waals surface area contributed by atoms with Gasteiger partial charge in [0.2, 0.25) is 0 Å². The van der Waals surface area contributed by atoms with Gasteiger partial charge in [-0.1, -0.05) is 42.5 Å². The van der Waals surface area contributed by atoms with Crippen LogP contribution in [0.4, 0.5) is 10.7 Å². The van der Waals surface area contributed by atoms with Crippen molar-refractivity contribution in [1.82, 2.24) is 0 Å². The van der Waals surface area contributed by atoms with Gasteiger partial charge in [0.1, 0.15) is 5.00 Å². The quantitative estimate of drug-likeness (QED) is 0.251. The van der Waals surface area contributed by atoms with Crippen molar-refractivity contribution in [2.75, 3.05) is 17.2 Å². The SMILES string of the molecule is CCOC(=O)c1cc(-c2ccccc2)sc1NC(=S)Nc1ccccc1I. The molecule has 0 spiro atoms. The number of para-hydroxylation sites is 1. The third kappa shape index (κ3) is 5.06. The number of halogens is 1. The largest absolute Gasteiger partial charge is 0.462 e. The Balaban J connectivity index is 1.86. The maximum absolute atomic E-state index is 12.4. The maximum atomic E-state index is 12.4. The molecular weight excluding hydrogens is 491 g/mol. The van der Waals surface area contributed by atoms with Crippen LogP contribution in [-0.4, -0.2) is 17.7 Å². The molecule has 0 saturated heterocycles. The minimum absolute atomic E-state index is 0.319. The number of benzene rings is 2. The molecule has 0 aliphatic heterocycles. The number of carbonyl (C=O) groups is 1. The highest BCUT2D eigenvalue weighted by molar-refractivity contribution is 14.1. The summed E-state index contributed by atoms with van der Waals surface area (Å²) in [4.78, 5) is 13.4. The highest BCUT2D eigenvalue weighted by atomic mass is 127. The summed E-state index contributed by atoms with van der Waals surface area (Å²) in [7, 11) is 0. The summed E-state index contributed by atoms with van der Waals surface area (Å²) in [6.07, 6.45) is 0. The van der Waals surface area contributed by atoms with Gasteiger partial charge < -0.3 is 15.4 Å². The average molecular weight is 508 g/mol. The molecule has 0 amide bonds. The molecule has 0 unspecified atom stereocenters. The number of anilines is 2. The van der Waals surface area contributed by atoms with Crippen LogP contribution in [0.3, 0.4) is 0 Å². The smallest absolute Gasteiger partial charge is 0.341 e. The third-order valence-corrected chi connectivity index (χ3v) is 5.88. The van der Waals surface area contributed by atoms with Crippen molar-refractivity contribution in [3.8, 4) is 10.4 Å². The van der Waals surface area contributed by atoms with E-state index in [1.165, 1.54) is 11.3 Å². The van der Waals surface area contributed by atoms with Gasteiger partial charge in [-0.05, 0) is 65.5 Å². The van der Waals surface area contributed by atoms with Crippen LogP contribution >= 0.6 is 46.1 Å². The normalized spacial score (nSPS) is 10.3. The topological polar surface area (TPSA) is 50.4 Å². The molecule has 2 aromatic carbocycles. The van der Waals surface area contributed by atoms with Crippen molar-refractivity contribution in [2.45, 2.75) is 6.92 Å². The number of thiophene rings is 1. The summed E-state index contributed by atoms with van der Waals surface area (Å²) in [5.74, 6) is -0.365. The molecule has 1 heterocycles. The van der Waals surface area contributed by atoms with Gasteiger partial charge in [-0.2, -0.15) is 0 Å². The number of rotatable bonds is 5. The zero-order chi connectivity index (χ0) is 19.2. The molecule has 0 radical (unpaired) electrons. The molecule has 7 heteroatoms. The van der Waals surface area contributed by atoms with E-state index in [-0.39, 0.29) is 5.97 Å². The predicted octanol–water partition coefficient (Wildman–Crippen LogP) is 6.01. The van der Waals surface area contributed by atoms with E-state index in [9.17, 15) is 4.79 Å². The first kappa shape index (κ1) is 19.8. The van der Waals surface area contributed by atoms with Crippen molar-refractivity contribution < 1.29 is 9.53 Å². The van der Waals surface area contributed by atoms with Crippen molar-refractivity contribution in [1.29, 1.82) is 0 Å². The molecule has 27 heavy (non-hydrogen) atoms. The lowest BCUT2D eigenvalue weighted by molar-refractivity contribution is 0.0528.